The number of nitrogens with one attached hydrogen (secondary N) is 1. The number of hydrogen-bond acceptors (Lipinski definition) is 6. The van der Waals surface area contributed by atoms with E-state index in [9.17, 15) is 14.7 Å². The van der Waals surface area contributed by atoms with Crippen LogP contribution in [0.5, 0.6) is 0 Å². The normalized spacial score (nSPS) is 26.6. The molecule has 2 aliphatic carbocycles. The molecule has 0 bridgehead atoms. The Balaban J connectivity index is 1.65. The molecule has 1 amide bonds. The maximum atomic E-state index is 12.7. The van der Waals surface area contributed by atoms with Gasteiger partial charge in [0, 0.05) is 12.3 Å². The van der Waals surface area contributed by atoms with Crippen molar-refractivity contribution in [2.75, 3.05) is 0 Å². The van der Waals surface area contributed by atoms with E-state index in [4.69, 9.17) is 14.7 Å². The van der Waals surface area contributed by atoms with Crippen LogP contribution in [0.25, 0.3) is 0 Å². The van der Waals surface area contributed by atoms with Crippen molar-refractivity contribution in [3.63, 3.8) is 0 Å². The molecule has 0 aromatic heterocycles. The van der Waals surface area contributed by atoms with E-state index in [2.05, 4.69) is 32.1 Å². The first-order valence-electron chi connectivity index (χ1n) is 14.5. The third-order valence-corrected chi connectivity index (χ3v) is 8.39. The fraction of sp³-hybridized carbons (Fsp3) is 0.625. The zero-order valence-corrected chi connectivity index (χ0v) is 24.1. The molecule has 2 aliphatic rings. The van der Waals surface area contributed by atoms with E-state index in [1.54, 1.807) is 5.48 Å². The molecule has 0 heterocycles. The predicted molar refractivity (Wildman–Crippen MR) is 151 cm³/mol. The molecule has 216 valence electrons. The van der Waals surface area contributed by atoms with E-state index in [0.717, 1.165) is 30.4 Å². The molecule has 39 heavy (non-hydrogen) atoms. The van der Waals surface area contributed by atoms with Gasteiger partial charge in [-0.25, -0.2) is 5.48 Å². The first kappa shape index (κ1) is 31.1. The van der Waals surface area contributed by atoms with Crippen molar-refractivity contribution >= 4 is 11.9 Å². The van der Waals surface area contributed by atoms with Crippen LogP contribution < -0.4 is 5.48 Å². The third-order valence-electron chi connectivity index (χ3n) is 8.39. The minimum atomic E-state index is -0.673. The van der Waals surface area contributed by atoms with Gasteiger partial charge in [0.05, 0.1) is 31.2 Å². The molecule has 7 heteroatoms. The molecule has 0 saturated carbocycles. The number of allylic oxidation sites excluding steroid dienone is 3. The van der Waals surface area contributed by atoms with E-state index in [1.807, 2.05) is 45.0 Å². The molecule has 3 N–H and O–H groups in total. The Bertz CT molecular complexity index is 1000. The monoisotopic (exact) mass is 541 g/mol. The van der Waals surface area contributed by atoms with Gasteiger partial charge < -0.3 is 14.6 Å². The highest BCUT2D eigenvalue weighted by Crippen LogP contribution is 2.45. The van der Waals surface area contributed by atoms with Gasteiger partial charge in [-0.2, -0.15) is 0 Å². The van der Waals surface area contributed by atoms with Crippen LogP contribution >= 0.6 is 0 Å². The summed E-state index contributed by atoms with van der Waals surface area (Å²) in [5.74, 6) is 0.151. The van der Waals surface area contributed by atoms with Crippen LogP contribution in [0.4, 0.5) is 0 Å². The first-order valence-corrected chi connectivity index (χ1v) is 14.5. The van der Waals surface area contributed by atoms with Crippen molar-refractivity contribution in [3.8, 4) is 0 Å². The summed E-state index contributed by atoms with van der Waals surface area (Å²) in [6.07, 6.45) is 8.44. The number of benzene rings is 1. The lowest BCUT2D eigenvalue weighted by atomic mass is 9.65. The van der Waals surface area contributed by atoms with Crippen molar-refractivity contribution in [2.45, 2.75) is 98.1 Å². The minimum Gasteiger partial charge on any atom is -0.461 e. The van der Waals surface area contributed by atoms with Crippen molar-refractivity contribution < 1.29 is 29.4 Å². The highest BCUT2D eigenvalue weighted by Gasteiger charge is 2.41. The highest BCUT2D eigenvalue weighted by atomic mass is 16.5. The number of aryl methyl sites for hydroxylation is 1. The lowest BCUT2D eigenvalue weighted by Crippen LogP contribution is -2.41. The van der Waals surface area contributed by atoms with Crippen LogP contribution in [0.2, 0.25) is 0 Å². The number of carbonyl (C=O) groups excluding carboxylic acids is 2. The van der Waals surface area contributed by atoms with E-state index in [1.165, 1.54) is 5.57 Å². The number of amides is 1. The van der Waals surface area contributed by atoms with Crippen LogP contribution in [0, 0.1) is 36.5 Å². The Morgan fingerprint density at radius 1 is 1.18 bits per heavy atom. The van der Waals surface area contributed by atoms with E-state index < -0.39 is 18.1 Å². The summed E-state index contributed by atoms with van der Waals surface area (Å²) >= 11 is 0. The van der Waals surface area contributed by atoms with Gasteiger partial charge in [-0.3, -0.25) is 14.8 Å². The quantitative estimate of drug-likeness (QED) is 0.169. The molecule has 1 aromatic carbocycles. The molecule has 3 rings (SSSR count). The number of aliphatic hydroxyl groups is 1. The number of hydroxylamine groups is 1. The standard InChI is InChI=1S/C32H47NO6/c1-6-22(4)32(36)39-29-16-21(3)15-25-12-9-23(5)28(31(25)29)14-13-26(34)17-27(18-30(35)33-37)38-19-24-10-7-20(2)8-11-24/h7-12,15,21-23,26-29,31,34,37H,6,13-14,16-19H2,1-5H3,(H,33,35). The van der Waals surface area contributed by atoms with Crippen LogP contribution in [-0.2, 0) is 25.7 Å². The predicted octanol–water partition coefficient (Wildman–Crippen LogP) is 5.67. The van der Waals surface area contributed by atoms with Gasteiger partial charge in [-0.15, -0.1) is 0 Å². The van der Waals surface area contributed by atoms with Gasteiger partial charge in [0.2, 0.25) is 5.91 Å². The lowest BCUT2D eigenvalue weighted by Gasteiger charge is -2.43. The van der Waals surface area contributed by atoms with E-state index in [0.29, 0.717) is 18.9 Å². The number of ether oxygens (including phenoxy) is 2. The number of aliphatic hydroxyl groups excluding tert-OH is 1. The molecule has 1 aromatic rings. The summed E-state index contributed by atoms with van der Waals surface area (Å²) in [7, 11) is 0. The Morgan fingerprint density at radius 3 is 2.56 bits per heavy atom. The molecule has 8 unspecified atom stereocenters. The Morgan fingerprint density at radius 2 is 1.90 bits per heavy atom. The van der Waals surface area contributed by atoms with Gasteiger partial charge in [-0.1, -0.05) is 75.8 Å². The summed E-state index contributed by atoms with van der Waals surface area (Å²) in [6, 6.07) is 7.97. The van der Waals surface area contributed by atoms with Gasteiger partial charge >= 0.3 is 5.97 Å². The van der Waals surface area contributed by atoms with Crippen LogP contribution in [-0.4, -0.2) is 40.5 Å². The fourth-order valence-electron chi connectivity index (χ4n) is 5.82. The zero-order valence-electron chi connectivity index (χ0n) is 24.1. The Kier molecular flexibility index (Phi) is 11.8. The number of fused-ring (bicyclic) bond motifs is 1. The summed E-state index contributed by atoms with van der Waals surface area (Å²) in [5.41, 5.74) is 5.04. The van der Waals surface area contributed by atoms with Crippen LogP contribution in [0.1, 0.15) is 77.3 Å². The van der Waals surface area contributed by atoms with Gasteiger partial charge in [0.15, 0.2) is 0 Å². The summed E-state index contributed by atoms with van der Waals surface area (Å²) < 4.78 is 12.1. The third kappa shape index (κ3) is 9.02. The second-order valence-electron chi connectivity index (χ2n) is 11.7. The fourth-order valence-corrected chi connectivity index (χ4v) is 5.82. The maximum absolute atomic E-state index is 12.7. The second-order valence-corrected chi connectivity index (χ2v) is 11.7. The molecule has 8 atom stereocenters. The minimum absolute atomic E-state index is 0.0387. The summed E-state index contributed by atoms with van der Waals surface area (Å²) in [5, 5.41) is 20.1. The smallest absolute Gasteiger partial charge is 0.308 e. The lowest BCUT2D eigenvalue weighted by molar-refractivity contribution is -0.158. The van der Waals surface area contributed by atoms with Gasteiger partial charge in [-0.05, 0) is 61.5 Å². The number of carbonyl (C=O) groups is 2. The molecule has 7 nitrogen and oxygen atoms in total. The second kappa shape index (κ2) is 14.8. The number of rotatable bonds is 13. The van der Waals surface area contributed by atoms with Gasteiger partial charge in [0.25, 0.3) is 0 Å². The molecule has 0 radical (unpaired) electrons. The largest absolute Gasteiger partial charge is 0.461 e. The summed E-state index contributed by atoms with van der Waals surface area (Å²) in [6.45, 7) is 10.6. The molecular weight excluding hydrogens is 494 g/mol. The van der Waals surface area contributed by atoms with Crippen LogP contribution in [0.15, 0.2) is 48.1 Å². The zero-order chi connectivity index (χ0) is 28.5. The van der Waals surface area contributed by atoms with Gasteiger partial charge in [0.1, 0.15) is 6.10 Å². The molecule has 0 fully saturated rings. The number of hydrogen-bond donors (Lipinski definition) is 3. The molecular formula is C32H47NO6. The topological polar surface area (TPSA) is 105 Å². The molecule has 0 saturated heterocycles. The highest BCUT2D eigenvalue weighted by molar-refractivity contribution is 5.75. The molecule has 0 spiro atoms. The molecule has 0 aliphatic heterocycles. The number of esters is 1. The van der Waals surface area contributed by atoms with Crippen molar-refractivity contribution in [1.29, 1.82) is 0 Å². The van der Waals surface area contributed by atoms with Crippen LogP contribution in [0.3, 0.4) is 0 Å². The van der Waals surface area contributed by atoms with Crippen molar-refractivity contribution in [1.82, 2.24) is 5.48 Å². The van der Waals surface area contributed by atoms with E-state index >= 15 is 0 Å². The van der Waals surface area contributed by atoms with Crippen molar-refractivity contribution in [2.24, 2.45) is 29.6 Å². The SMILES string of the molecule is CCC(C)C(=O)OC1CC(C)C=C2C=CC(C)C(CCC(O)CC(CC(=O)NO)OCc3ccc(C)cc3)C21. The maximum Gasteiger partial charge on any atom is 0.308 e. The Hall–Kier alpha value is -2.48. The van der Waals surface area contributed by atoms with E-state index in [-0.39, 0.29) is 48.6 Å². The average Bonchev–Trinajstić information content (AvgIpc) is 2.91. The van der Waals surface area contributed by atoms with Crippen molar-refractivity contribution in [3.05, 3.63) is 59.2 Å². The average molecular weight is 542 g/mol. The Labute approximate surface area is 233 Å². The first-order chi connectivity index (χ1) is 18.6. The summed E-state index contributed by atoms with van der Waals surface area (Å²) in [4.78, 5) is 24.6.